The lowest BCUT2D eigenvalue weighted by atomic mass is 10.1. The maximum atomic E-state index is 2.79. The Morgan fingerprint density at radius 1 is 0.654 bits per heavy atom. The summed E-state index contributed by atoms with van der Waals surface area (Å²) in [6, 6.07) is 0. The maximum Gasteiger partial charge on any atom is 0.246 e. The van der Waals surface area contributed by atoms with E-state index in [0.717, 1.165) is 0 Å². The third kappa shape index (κ3) is 8.91. The highest BCUT2D eigenvalue weighted by molar-refractivity contribution is 5.77. The van der Waals surface area contributed by atoms with Gasteiger partial charge in [-0.3, -0.25) is 9.48 Å². The minimum absolute atomic E-state index is 1.32. The second-order valence-corrected chi connectivity index (χ2v) is 8.80. The van der Waals surface area contributed by atoms with Crippen LogP contribution in [0.15, 0.2) is 0 Å². The predicted octanol–water partition coefficient (Wildman–Crippen LogP) is 6.77. The molecule has 0 N–H and O–H groups in total. The van der Waals surface area contributed by atoms with Crippen molar-refractivity contribution in [3.63, 3.8) is 0 Å². The fraction of sp³-hybridized carbons (Fsp3) is 0.958. The Labute approximate surface area is 164 Å². The lowest BCUT2D eigenvalue weighted by molar-refractivity contribution is -0.538. The summed E-state index contributed by atoms with van der Waals surface area (Å²) in [4.78, 5) is 2.79. The number of nitrogens with zero attached hydrogens (tertiary/aromatic N) is 2. The first-order valence-electron chi connectivity index (χ1n) is 12.3. The highest BCUT2D eigenvalue weighted by Gasteiger charge is 2.25. The third-order valence-corrected chi connectivity index (χ3v) is 6.45. The maximum absolute atomic E-state index is 2.79. The van der Waals surface area contributed by atoms with Gasteiger partial charge >= 0.3 is 0 Å². The van der Waals surface area contributed by atoms with E-state index in [-0.39, 0.29) is 0 Å². The van der Waals surface area contributed by atoms with Gasteiger partial charge in [0, 0.05) is 6.42 Å². The molecule has 152 valence electrons. The first-order chi connectivity index (χ1) is 12.9. The summed E-state index contributed by atoms with van der Waals surface area (Å²) in [5.41, 5.74) is 0. The molecule has 0 fully saturated rings. The van der Waals surface area contributed by atoms with Crippen molar-refractivity contribution < 1.29 is 4.58 Å². The van der Waals surface area contributed by atoms with Crippen molar-refractivity contribution in [3.8, 4) is 0 Å². The SMILES string of the molecule is CCCCCCCCCCCCCN1CCCCCC[N+]2=C1CCCC2. The van der Waals surface area contributed by atoms with Gasteiger partial charge in [0.1, 0.15) is 0 Å². The number of rotatable bonds is 12. The first kappa shape index (κ1) is 21.8. The van der Waals surface area contributed by atoms with E-state index >= 15 is 0 Å². The normalized spacial score (nSPS) is 19.0. The van der Waals surface area contributed by atoms with E-state index in [1.165, 1.54) is 142 Å². The van der Waals surface area contributed by atoms with Crippen LogP contribution in [0.5, 0.6) is 0 Å². The Morgan fingerprint density at radius 3 is 1.92 bits per heavy atom. The molecule has 0 saturated heterocycles. The van der Waals surface area contributed by atoms with Crippen LogP contribution in [0, 0.1) is 0 Å². The minimum atomic E-state index is 1.32. The number of amidine groups is 1. The Morgan fingerprint density at radius 2 is 1.23 bits per heavy atom. The van der Waals surface area contributed by atoms with Gasteiger partial charge in [0.25, 0.3) is 0 Å². The van der Waals surface area contributed by atoms with Crippen molar-refractivity contribution in [2.45, 2.75) is 122 Å². The number of unbranched alkanes of at least 4 members (excludes halogenated alkanes) is 10. The van der Waals surface area contributed by atoms with Crippen molar-refractivity contribution in [2.24, 2.45) is 0 Å². The van der Waals surface area contributed by atoms with Crippen LogP contribution in [-0.4, -0.2) is 41.5 Å². The summed E-state index contributed by atoms with van der Waals surface area (Å²) in [5, 5.41) is 0. The van der Waals surface area contributed by atoms with Crippen molar-refractivity contribution in [3.05, 3.63) is 0 Å². The fourth-order valence-corrected chi connectivity index (χ4v) is 4.77. The molecule has 0 saturated carbocycles. The second-order valence-electron chi connectivity index (χ2n) is 8.80. The van der Waals surface area contributed by atoms with Gasteiger partial charge < -0.3 is 0 Å². The number of hydrogen-bond donors (Lipinski definition) is 0. The van der Waals surface area contributed by atoms with Gasteiger partial charge in [0.05, 0.1) is 26.2 Å². The molecule has 2 nitrogen and oxygen atoms in total. The van der Waals surface area contributed by atoms with Crippen LogP contribution in [0.3, 0.4) is 0 Å². The quantitative estimate of drug-likeness (QED) is 0.274. The van der Waals surface area contributed by atoms with Crippen LogP contribution in [-0.2, 0) is 0 Å². The Balaban J connectivity index is 1.57. The smallest absolute Gasteiger partial charge is 0.246 e. The van der Waals surface area contributed by atoms with Crippen molar-refractivity contribution in [2.75, 3.05) is 26.2 Å². The van der Waals surface area contributed by atoms with Crippen LogP contribution in [0.4, 0.5) is 0 Å². The van der Waals surface area contributed by atoms with Crippen LogP contribution in [0.25, 0.3) is 0 Å². The monoisotopic (exact) mass is 363 g/mol. The largest absolute Gasteiger partial charge is 0.266 e. The van der Waals surface area contributed by atoms with Gasteiger partial charge in [-0.2, -0.15) is 0 Å². The van der Waals surface area contributed by atoms with Gasteiger partial charge in [0.15, 0.2) is 0 Å². The zero-order chi connectivity index (χ0) is 18.3. The van der Waals surface area contributed by atoms with E-state index in [1.54, 1.807) is 5.84 Å². The van der Waals surface area contributed by atoms with Gasteiger partial charge in [-0.25, -0.2) is 0 Å². The molecule has 0 aliphatic carbocycles. The number of hydrogen-bond acceptors (Lipinski definition) is 1. The Hall–Kier alpha value is -0.530. The van der Waals surface area contributed by atoms with Crippen molar-refractivity contribution in [1.82, 2.24) is 4.90 Å². The highest BCUT2D eigenvalue weighted by Crippen LogP contribution is 2.16. The van der Waals surface area contributed by atoms with Gasteiger partial charge in [0.2, 0.25) is 5.84 Å². The molecule has 0 aromatic carbocycles. The van der Waals surface area contributed by atoms with Crippen LogP contribution < -0.4 is 0 Å². The van der Waals surface area contributed by atoms with E-state index in [2.05, 4.69) is 16.4 Å². The molecule has 0 radical (unpaired) electrons. The lowest BCUT2D eigenvalue weighted by Crippen LogP contribution is -2.41. The molecule has 2 heteroatoms. The topological polar surface area (TPSA) is 6.25 Å². The molecule has 0 amide bonds. The van der Waals surface area contributed by atoms with Crippen LogP contribution >= 0.6 is 0 Å². The summed E-state index contributed by atoms with van der Waals surface area (Å²) in [5.74, 6) is 1.71. The summed E-state index contributed by atoms with van der Waals surface area (Å²) < 4.78 is 2.74. The molecule has 2 aliphatic heterocycles. The summed E-state index contributed by atoms with van der Waals surface area (Å²) in [7, 11) is 0. The minimum Gasteiger partial charge on any atom is -0.266 e. The molecule has 0 spiro atoms. The zero-order valence-electron chi connectivity index (χ0n) is 18.0. The molecule has 0 unspecified atom stereocenters. The van der Waals surface area contributed by atoms with E-state index in [1.807, 2.05) is 0 Å². The molecular formula is C24H47N2+. The van der Waals surface area contributed by atoms with Crippen LogP contribution in [0.2, 0.25) is 0 Å². The molecule has 0 atom stereocenters. The van der Waals surface area contributed by atoms with Crippen molar-refractivity contribution >= 4 is 5.84 Å². The zero-order valence-corrected chi connectivity index (χ0v) is 18.0. The van der Waals surface area contributed by atoms with E-state index in [4.69, 9.17) is 0 Å². The molecule has 0 bridgehead atoms. The molecule has 26 heavy (non-hydrogen) atoms. The van der Waals surface area contributed by atoms with Gasteiger partial charge in [-0.1, -0.05) is 64.7 Å². The Bertz CT molecular complexity index is 374. The van der Waals surface area contributed by atoms with Gasteiger partial charge in [-0.05, 0) is 51.4 Å². The molecule has 2 rings (SSSR count). The predicted molar refractivity (Wildman–Crippen MR) is 115 cm³/mol. The fourth-order valence-electron chi connectivity index (χ4n) is 4.77. The summed E-state index contributed by atoms with van der Waals surface area (Å²) >= 11 is 0. The highest BCUT2D eigenvalue weighted by atomic mass is 15.2. The van der Waals surface area contributed by atoms with Crippen molar-refractivity contribution in [1.29, 1.82) is 0 Å². The van der Waals surface area contributed by atoms with Gasteiger partial charge in [-0.15, -0.1) is 0 Å². The first-order valence-corrected chi connectivity index (χ1v) is 12.3. The van der Waals surface area contributed by atoms with E-state index in [9.17, 15) is 0 Å². The molecule has 0 aromatic rings. The lowest BCUT2D eigenvalue weighted by Gasteiger charge is -2.25. The standard InChI is InChI=1S/C24H47N2/c1-2-3-4-5-6-7-8-9-10-11-15-20-25-21-16-12-13-17-22-26-23-18-14-19-24(25)26/h2-23H2,1H3/q+1. The summed E-state index contributed by atoms with van der Waals surface area (Å²) in [6.07, 6.45) is 25.8. The molecular weight excluding hydrogens is 316 g/mol. The second kappa shape index (κ2) is 14.5. The Kier molecular flexibility index (Phi) is 12.2. The van der Waals surface area contributed by atoms with E-state index in [0.29, 0.717) is 0 Å². The third-order valence-electron chi connectivity index (χ3n) is 6.45. The molecule has 0 aromatic heterocycles. The average Bonchev–Trinajstić information content (AvgIpc) is 2.77. The average molecular weight is 364 g/mol. The molecule has 2 aliphatic rings. The van der Waals surface area contributed by atoms with Crippen LogP contribution in [0.1, 0.15) is 122 Å². The summed E-state index contributed by atoms with van der Waals surface area (Å²) in [6.45, 7) is 7.60. The van der Waals surface area contributed by atoms with E-state index < -0.39 is 0 Å². The molecule has 2 heterocycles.